The Morgan fingerprint density at radius 1 is 1.29 bits per heavy atom. The Kier molecular flexibility index (Phi) is 6.20. The third-order valence-electron chi connectivity index (χ3n) is 3.02. The van der Waals surface area contributed by atoms with Gasteiger partial charge in [-0.05, 0) is 24.5 Å². The number of hydrogen-bond donors (Lipinski definition) is 1. The molecule has 21 heavy (non-hydrogen) atoms. The van der Waals surface area contributed by atoms with Crippen LogP contribution in [-0.2, 0) is 14.8 Å². The molecule has 1 amide bonds. The van der Waals surface area contributed by atoms with Crippen molar-refractivity contribution in [3.63, 3.8) is 0 Å². The molecule has 118 valence electrons. The Labute approximate surface area is 127 Å². The topological polar surface area (TPSA) is 66.5 Å². The Balaban J connectivity index is 2.74. The predicted molar refractivity (Wildman–Crippen MR) is 85.8 cm³/mol. The smallest absolute Gasteiger partial charge is 0.232 e. The van der Waals surface area contributed by atoms with E-state index in [1.165, 1.54) is 10.6 Å². The van der Waals surface area contributed by atoms with Gasteiger partial charge in [0.15, 0.2) is 0 Å². The monoisotopic (exact) mass is 312 g/mol. The number of rotatable bonds is 7. The normalized spacial score (nSPS) is 11.5. The first kappa shape index (κ1) is 17.5. The molecule has 0 aliphatic heterocycles. The van der Waals surface area contributed by atoms with Crippen LogP contribution in [0.25, 0.3) is 0 Å². The molecule has 5 nitrogen and oxygen atoms in total. The number of nitrogens with zero attached hydrogens (tertiary/aromatic N) is 1. The molecule has 0 atom stereocenters. The summed E-state index contributed by atoms with van der Waals surface area (Å²) >= 11 is 0. The minimum absolute atomic E-state index is 0.0526. The summed E-state index contributed by atoms with van der Waals surface area (Å²) in [6.45, 7) is 6.33. The fourth-order valence-electron chi connectivity index (χ4n) is 2.05. The summed E-state index contributed by atoms with van der Waals surface area (Å²) in [5, 5.41) is 2.76. The van der Waals surface area contributed by atoms with Crippen LogP contribution in [0.2, 0.25) is 0 Å². The van der Waals surface area contributed by atoms with Crippen molar-refractivity contribution in [1.82, 2.24) is 5.32 Å². The maximum atomic E-state index is 12.0. The van der Waals surface area contributed by atoms with Crippen molar-refractivity contribution in [3.8, 4) is 0 Å². The maximum absolute atomic E-state index is 12.0. The van der Waals surface area contributed by atoms with Gasteiger partial charge in [0.2, 0.25) is 15.9 Å². The van der Waals surface area contributed by atoms with Crippen molar-refractivity contribution >= 4 is 21.6 Å². The quantitative estimate of drug-likeness (QED) is 0.836. The first-order valence-electron chi connectivity index (χ1n) is 7.02. The molecule has 0 saturated heterocycles. The Morgan fingerprint density at radius 3 is 2.43 bits per heavy atom. The van der Waals surface area contributed by atoms with Gasteiger partial charge in [-0.15, -0.1) is 0 Å². The summed E-state index contributed by atoms with van der Waals surface area (Å²) in [5.41, 5.74) is 1.54. The maximum Gasteiger partial charge on any atom is 0.232 e. The van der Waals surface area contributed by atoms with Crippen LogP contribution in [0.4, 0.5) is 5.69 Å². The molecule has 0 bridgehead atoms. The Morgan fingerprint density at radius 2 is 1.90 bits per heavy atom. The van der Waals surface area contributed by atoms with Crippen LogP contribution in [0.15, 0.2) is 24.3 Å². The molecule has 0 fully saturated rings. The minimum atomic E-state index is -3.38. The van der Waals surface area contributed by atoms with Gasteiger partial charge in [0, 0.05) is 13.0 Å². The zero-order valence-electron chi connectivity index (χ0n) is 13.1. The second-order valence-electron chi connectivity index (χ2n) is 5.57. The number of amides is 1. The molecule has 1 N–H and O–H groups in total. The van der Waals surface area contributed by atoms with Crippen LogP contribution in [0.3, 0.4) is 0 Å². The fourth-order valence-corrected chi connectivity index (χ4v) is 3.03. The highest BCUT2D eigenvalue weighted by Crippen LogP contribution is 2.21. The molecule has 0 spiro atoms. The number of carbonyl (C=O) groups is 1. The van der Waals surface area contributed by atoms with E-state index >= 15 is 0 Å². The van der Waals surface area contributed by atoms with Crippen LogP contribution in [0, 0.1) is 12.8 Å². The van der Waals surface area contributed by atoms with Crippen molar-refractivity contribution in [3.05, 3.63) is 29.8 Å². The lowest BCUT2D eigenvalue weighted by Crippen LogP contribution is -2.38. The summed E-state index contributed by atoms with van der Waals surface area (Å²) < 4.78 is 25.2. The summed E-state index contributed by atoms with van der Waals surface area (Å²) in [6.07, 6.45) is 1.62. The number of sulfonamides is 1. The molecule has 0 aliphatic rings. The van der Waals surface area contributed by atoms with E-state index in [9.17, 15) is 13.2 Å². The zero-order valence-corrected chi connectivity index (χ0v) is 13.9. The second-order valence-corrected chi connectivity index (χ2v) is 7.48. The van der Waals surface area contributed by atoms with E-state index in [-0.39, 0.29) is 18.4 Å². The SMILES string of the molecule is Cc1ccccc1N(CCNC(=O)CC(C)C)S(C)(=O)=O. The molecule has 0 saturated carbocycles. The van der Waals surface area contributed by atoms with E-state index < -0.39 is 10.0 Å². The molecule has 0 aliphatic carbocycles. The standard InChI is InChI=1S/C15H24N2O3S/c1-12(2)11-15(18)16-9-10-17(21(4,19)20)14-8-6-5-7-13(14)3/h5-8,12H,9-11H2,1-4H3,(H,16,18). The molecule has 6 heteroatoms. The molecular weight excluding hydrogens is 288 g/mol. The number of aryl methyl sites for hydroxylation is 1. The lowest BCUT2D eigenvalue weighted by Gasteiger charge is -2.24. The average Bonchev–Trinajstić information content (AvgIpc) is 2.33. The van der Waals surface area contributed by atoms with E-state index in [0.717, 1.165) is 5.56 Å². The number of para-hydroxylation sites is 1. The summed E-state index contributed by atoms with van der Waals surface area (Å²) in [7, 11) is -3.38. The molecule has 1 rings (SSSR count). The van der Waals surface area contributed by atoms with Gasteiger partial charge < -0.3 is 5.32 Å². The highest BCUT2D eigenvalue weighted by molar-refractivity contribution is 7.92. The number of anilines is 1. The summed E-state index contributed by atoms with van der Waals surface area (Å²) in [5.74, 6) is 0.232. The van der Waals surface area contributed by atoms with Crippen LogP contribution in [0.5, 0.6) is 0 Å². The number of nitrogens with one attached hydrogen (secondary N) is 1. The van der Waals surface area contributed by atoms with Gasteiger partial charge in [-0.2, -0.15) is 0 Å². The number of benzene rings is 1. The average molecular weight is 312 g/mol. The molecule has 0 heterocycles. The van der Waals surface area contributed by atoms with Crippen LogP contribution < -0.4 is 9.62 Å². The van der Waals surface area contributed by atoms with Crippen LogP contribution in [-0.4, -0.2) is 33.7 Å². The van der Waals surface area contributed by atoms with E-state index in [4.69, 9.17) is 0 Å². The van der Waals surface area contributed by atoms with Gasteiger partial charge >= 0.3 is 0 Å². The van der Waals surface area contributed by atoms with Crippen molar-refractivity contribution in [2.75, 3.05) is 23.7 Å². The lowest BCUT2D eigenvalue weighted by atomic mass is 10.1. The predicted octanol–water partition coefficient (Wildman–Crippen LogP) is 1.92. The van der Waals surface area contributed by atoms with Crippen LogP contribution >= 0.6 is 0 Å². The van der Waals surface area contributed by atoms with E-state index in [2.05, 4.69) is 5.32 Å². The van der Waals surface area contributed by atoms with Gasteiger partial charge in [0.25, 0.3) is 0 Å². The third-order valence-corrected chi connectivity index (χ3v) is 4.20. The van der Waals surface area contributed by atoms with Crippen LogP contribution in [0.1, 0.15) is 25.8 Å². The highest BCUT2D eigenvalue weighted by Gasteiger charge is 2.18. The molecule has 0 radical (unpaired) electrons. The van der Waals surface area contributed by atoms with E-state index in [1.807, 2.05) is 32.9 Å². The highest BCUT2D eigenvalue weighted by atomic mass is 32.2. The lowest BCUT2D eigenvalue weighted by molar-refractivity contribution is -0.121. The molecular formula is C15H24N2O3S. The van der Waals surface area contributed by atoms with Gasteiger partial charge in [0.05, 0.1) is 18.5 Å². The minimum Gasteiger partial charge on any atom is -0.354 e. The van der Waals surface area contributed by atoms with Crippen molar-refractivity contribution in [2.45, 2.75) is 27.2 Å². The van der Waals surface area contributed by atoms with Crippen molar-refractivity contribution < 1.29 is 13.2 Å². The molecule has 0 unspecified atom stereocenters. The van der Waals surface area contributed by atoms with Crippen molar-refractivity contribution in [2.24, 2.45) is 5.92 Å². The van der Waals surface area contributed by atoms with Gasteiger partial charge in [-0.25, -0.2) is 8.42 Å². The van der Waals surface area contributed by atoms with Gasteiger partial charge in [-0.1, -0.05) is 32.0 Å². The van der Waals surface area contributed by atoms with Gasteiger partial charge in [-0.3, -0.25) is 9.10 Å². The first-order valence-corrected chi connectivity index (χ1v) is 8.86. The zero-order chi connectivity index (χ0) is 16.0. The third kappa shape index (κ3) is 5.75. The van der Waals surface area contributed by atoms with E-state index in [0.29, 0.717) is 18.7 Å². The van der Waals surface area contributed by atoms with Crippen molar-refractivity contribution in [1.29, 1.82) is 0 Å². The van der Waals surface area contributed by atoms with E-state index in [1.54, 1.807) is 12.1 Å². The Bertz CT molecular complexity index is 582. The second kappa shape index (κ2) is 7.45. The van der Waals surface area contributed by atoms with Gasteiger partial charge in [0.1, 0.15) is 0 Å². The first-order chi connectivity index (χ1) is 9.71. The molecule has 0 aromatic heterocycles. The summed E-state index contributed by atoms with van der Waals surface area (Å²) in [6, 6.07) is 7.30. The fraction of sp³-hybridized carbons (Fsp3) is 0.533. The molecule has 1 aromatic rings. The Hall–Kier alpha value is -1.56. The largest absolute Gasteiger partial charge is 0.354 e. The number of hydrogen-bond acceptors (Lipinski definition) is 3. The summed E-state index contributed by atoms with van der Waals surface area (Å²) in [4.78, 5) is 11.6. The molecule has 1 aromatic carbocycles. The number of carbonyl (C=O) groups excluding carboxylic acids is 1.